The summed E-state index contributed by atoms with van der Waals surface area (Å²) >= 11 is 0. The summed E-state index contributed by atoms with van der Waals surface area (Å²) in [6.07, 6.45) is 1.12. The summed E-state index contributed by atoms with van der Waals surface area (Å²) in [7, 11) is -3.78. The molecule has 8 nitrogen and oxygen atoms in total. The van der Waals surface area contributed by atoms with Crippen molar-refractivity contribution in [1.82, 2.24) is 10.1 Å². The van der Waals surface area contributed by atoms with Crippen molar-refractivity contribution in [3.63, 3.8) is 0 Å². The summed E-state index contributed by atoms with van der Waals surface area (Å²) in [5, 5.41) is 22.5. The monoisotopic (exact) mass is 349 g/mol. The van der Waals surface area contributed by atoms with Crippen LogP contribution in [-0.4, -0.2) is 37.3 Å². The van der Waals surface area contributed by atoms with Gasteiger partial charge in [-0.15, -0.1) is 0 Å². The number of nitrogens with zero attached hydrogens (tertiary/aromatic N) is 1. The van der Waals surface area contributed by atoms with E-state index in [-0.39, 0.29) is 22.0 Å². The van der Waals surface area contributed by atoms with Gasteiger partial charge in [0.25, 0.3) is 5.91 Å². The van der Waals surface area contributed by atoms with Crippen LogP contribution in [0.5, 0.6) is 11.5 Å². The van der Waals surface area contributed by atoms with Gasteiger partial charge < -0.3 is 10.2 Å². The van der Waals surface area contributed by atoms with E-state index in [2.05, 4.69) is 15.2 Å². The number of carbonyl (C=O) groups is 1. The van der Waals surface area contributed by atoms with Gasteiger partial charge in [-0.05, 0) is 24.3 Å². The van der Waals surface area contributed by atoms with Crippen molar-refractivity contribution >= 4 is 22.1 Å². The standard InChI is InChI=1S/C15H15N3O5S/c19-13-8-4-5-11(15(13)21)9-16-18-14(20)10-17-24(22,23)12-6-2-1-3-7-12/h1-9,17,19,21H,10H2,(H,18,20)/b16-9+. The molecule has 2 aromatic rings. The smallest absolute Gasteiger partial charge is 0.255 e. The number of carbonyl (C=O) groups excluding carboxylic acids is 1. The number of amides is 1. The molecule has 126 valence electrons. The van der Waals surface area contributed by atoms with Crippen molar-refractivity contribution in [3.05, 3.63) is 54.1 Å². The molecule has 24 heavy (non-hydrogen) atoms. The first-order valence-electron chi connectivity index (χ1n) is 6.78. The van der Waals surface area contributed by atoms with E-state index in [9.17, 15) is 23.4 Å². The quantitative estimate of drug-likeness (QED) is 0.343. The fourth-order valence-corrected chi connectivity index (χ4v) is 2.71. The third-order valence-corrected chi connectivity index (χ3v) is 4.33. The van der Waals surface area contributed by atoms with E-state index < -0.39 is 22.5 Å². The van der Waals surface area contributed by atoms with E-state index in [1.165, 1.54) is 30.3 Å². The summed E-state index contributed by atoms with van der Waals surface area (Å²) in [5.41, 5.74) is 2.31. The van der Waals surface area contributed by atoms with Gasteiger partial charge in [-0.3, -0.25) is 4.79 Å². The zero-order chi connectivity index (χ0) is 17.6. The molecule has 0 aliphatic carbocycles. The highest BCUT2D eigenvalue weighted by molar-refractivity contribution is 7.89. The molecule has 0 aliphatic rings. The minimum absolute atomic E-state index is 0.0472. The first kappa shape index (κ1) is 17.4. The van der Waals surface area contributed by atoms with E-state index in [0.717, 1.165) is 6.21 Å². The number of hydrogen-bond donors (Lipinski definition) is 4. The van der Waals surface area contributed by atoms with E-state index >= 15 is 0 Å². The zero-order valence-electron chi connectivity index (χ0n) is 12.4. The summed E-state index contributed by atoms with van der Waals surface area (Å²) in [4.78, 5) is 11.6. The van der Waals surface area contributed by atoms with Gasteiger partial charge in [0.05, 0.1) is 17.7 Å². The Kier molecular flexibility index (Phi) is 5.51. The number of hydrazone groups is 1. The molecule has 0 bridgehead atoms. The van der Waals surface area contributed by atoms with Gasteiger partial charge in [0.2, 0.25) is 10.0 Å². The van der Waals surface area contributed by atoms with Crippen LogP contribution in [0, 0.1) is 0 Å². The Labute approximate surface area is 138 Å². The number of hydrogen-bond acceptors (Lipinski definition) is 6. The van der Waals surface area contributed by atoms with Crippen LogP contribution >= 0.6 is 0 Å². The lowest BCUT2D eigenvalue weighted by molar-refractivity contribution is -0.119. The lowest BCUT2D eigenvalue weighted by Crippen LogP contribution is -2.34. The van der Waals surface area contributed by atoms with Gasteiger partial charge in [-0.25, -0.2) is 18.6 Å². The molecule has 0 aliphatic heterocycles. The SMILES string of the molecule is O=C(CNS(=O)(=O)c1ccccc1)N/N=C/c1cccc(O)c1O. The molecule has 9 heteroatoms. The Balaban J connectivity index is 1.90. The number of phenolic OH excluding ortho intramolecular Hbond substituents is 2. The zero-order valence-corrected chi connectivity index (χ0v) is 13.2. The summed E-state index contributed by atoms with van der Waals surface area (Å²) in [6, 6.07) is 11.9. The summed E-state index contributed by atoms with van der Waals surface area (Å²) in [5.74, 6) is -1.38. The Bertz CT molecular complexity index is 851. The molecule has 4 N–H and O–H groups in total. The minimum atomic E-state index is -3.78. The van der Waals surface area contributed by atoms with E-state index in [1.54, 1.807) is 18.2 Å². The second-order valence-corrected chi connectivity index (χ2v) is 6.41. The van der Waals surface area contributed by atoms with Gasteiger partial charge in [-0.2, -0.15) is 5.10 Å². The predicted molar refractivity (Wildman–Crippen MR) is 87.1 cm³/mol. The lowest BCUT2D eigenvalue weighted by atomic mass is 10.2. The van der Waals surface area contributed by atoms with Gasteiger partial charge in [0.1, 0.15) is 0 Å². The van der Waals surface area contributed by atoms with Crippen LogP contribution in [0.1, 0.15) is 5.56 Å². The molecule has 0 saturated heterocycles. The van der Waals surface area contributed by atoms with Crippen molar-refractivity contribution in [2.24, 2.45) is 5.10 Å². The van der Waals surface area contributed by atoms with E-state index in [0.29, 0.717) is 0 Å². The second kappa shape index (κ2) is 7.57. The third kappa shape index (κ3) is 4.54. The Hall–Kier alpha value is -2.91. The van der Waals surface area contributed by atoms with Crippen LogP contribution in [0.15, 0.2) is 58.5 Å². The maximum Gasteiger partial charge on any atom is 0.255 e. The number of para-hydroxylation sites is 1. The number of aromatic hydroxyl groups is 2. The molecule has 2 rings (SSSR count). The van der Waals surface area contributed by atoms with Gasteiger partial charge in [0, 0.05) is 5.56 Å². The number of sulfonamides is 1. The van der Waals surface area contributed by atoms with Crippen LogP contribution in [0.4, 0.5) is 0 Å². The Morgan fingerprint density at radius 1 is 1.08 bits per heavy atom. The normalized spacial score (nSPS) is 11.5. The highest BCUT2D eigenvalue weighted by atomic mass is 32.2. The molecular weight excluding hydrogens is 334 g/mol. The fourth-order valence-electron chi connectivity index (χ4n) is 1.71. The molecule has 0 unspecified atom stereocenters. The molecular formula is C15H15N3O5S. The maximum atomic E-state index is 11.9. The van der Waals surface area contributed by atoms with Crippen molar-refractivity contribution < 1.29 is 23.4 Å². The molecule has 0 saturated carbocycles. The highest BCUT2D eigenvalue weighted by Gasteiger charge is 2.14. The molecule has 0 fully saturated rings. The van der Waals surface area contributed by atoms with Gasteiger partial charge in [0.15, 0.2) is 11.5 Å². The van der Waals surface area contributed by atoms with Crippen molar-refractivity contribution in [2.45, 2.75) is 4.90 Å². The predicted octanol–water partition coefficient (Wildman–Crippen LogP) is 0.526. The molecule has 0 radical (unpaired) electrons. The van der Waals surface area contributed by atoms with Crippen molar-refractivity contribution in [2.75, 3.05) is 6.54 Å². The molecule has 0 aromatic heterocycles. The highest BCUT2D eigenvalue weighted by Crippen LogP contribution is 2.26. The lowest BCUT2D eigenvalue weighted by Gasteiger charge is -2.05. The number of nitrogens with one attached hydrogen (secondary N) is 2. The van der Waals surface area contributed by atoms with Crippen LogP contribution in [0.25, 0.3) is 0 Å². The summed E-state index contributed by atoms with van der Waals surface area (Å²) in [6.45, 7) is -0.499. The molecule has 1 amide bonds. The molecule has 0 atom stereocenters. The number of benzene rings is 2. The molecule has 0 spiro atoms. The largest absolute Gasteiger partial charge is 0.504 e. The van der Waals surface area contributed by atoms with Crippen molar-refractivity contribution in [1.29, 1.82) is 0 Å². The van der Waals surface area contributed by atoms with E-state index in [4.69, 9.17) is 0 Å². The molecule has 2 aromatic carbocycles. The first-order chi connectivity index (χ1) is 11.4. The number of rotatable bonds is 6. The van der Waals surface area contributed by atoms with Crippen LogP contribution in [0.2, 0.25) is 0 Å². The second-order valence-electron chi connectivity index (χ2n) is 4.65. The maximum absolute atomic E-state index is 11.9. The van der Waals surface area contributed by atoms with Crippen molar-refractivity contribution in [3.8, 4) is 11.5 Å². The Morgan fingerprint density at radius 3 is 2.50 bits per heavy atom. The Morgan fingerprint density at radius 2 is 1.79 bits per heavy atom. The topological polar surface area (TPSA) is 128 Å². The minimum Gasteiger partial charge on any atom is -0.504 e. The average molecular weight is 349 g/mol. The average Bonchev–Trinajstić information content (AvgIpc) is 2.58. The van der Waals surface area contributed by atoms with E-state index in [1.807, 2.05) is 0 Å². The summed E-state index contributed by atoms with van der Waals surface area (Å²) < 4.78 is 26.0. The number of phenols is 2. The first-order valence-corrected chi connectivity index (χ1v) is 8.26. The fraction of sp³-hybridized carbons (Fsp3) is 0.0667. The van der Waals surface area contributed by atoms with Gasteiger partial charge >= 0.3 is 0 Å². The van der Waals surface area contributed by atoms with Crippen LogP contribution < -0.4 is 10.1 Å². The van der Waals surface area contributed by atoms with Crippen LogP contribution in [0.3, 0.4) is 0 Å². The van der Waals surface area contributed by atoms with Gasteiger partial charge in [-0.1, -0.05) is 24.3 Å². The molecule has 0 heterocycles. The van der Waals surface area contributed by atoms with Crippen LogP contribution in [-0.2, 0) is 14.8 Å². The third-order valence-electron chi connectivity index (χ3n) is 2.92.